The van der Waals surface area contributed by atoms with Gasteiger partial charge in [0.15, 0.2) is 0 Å². The molecule has 2 rings (SSSR count). The summed E-state index contributed by atoms with van der Waals surface area (Å²) in [7, 11) is 1.96. The molecule has 4 heteroatoms. The van der Waals surface area contributed by atoms with Gasteiger partial charge in [-0.15, -0.1) is 0 Å². The minimum Gasteiger partial charge on any atom is -0.469 e. The monoisotopic (exact) mass is 261 g/mol. The van der Waals surface area contributed by atoms with Crippen molar-refractivity contribution in [2.45, 2.75) is 45.7 Å². The summed E-state index contributed by atoms with van der Waals surface area (Å²) in [6.07, 6.45) is 5.86. The Labute approximate surface area is 114 Å². The van der Waals surface area contributed by atoms with Crippen LogP contribution < -0.4 is 5.32 Å². The first kappa shape index (κ1) is 13.9. The Balaban J connectivity index is 1.84. The van der Waals surface area contributed by atoms with Gasteiger partial charge in [-0.1, -0.05) is 0 Å². The summed E-state index contributed by atoms with van der Waals surface area (Å²) >= 11 is 0. The highest BCUT2D eigenvalue weighted by Crippen LogP contribution is 2.17. The predicted molar refractivity (Wildman–Crippen MR) is 76.0 cm³/mol. The average molecular weight is 261 g/mol. The molecule has 4 nitrogen and oxygen atoms in total. The van der Waals surface area contributed by atoms with Crippen LogP contribution in [0.3, 0.4) is 0 Å². The van der Waals surface area contributed by atoms with Gasteiger partial charge in [-0.3, -0.25) is 4.68 Å². The molecule has 2 unspecified atom stereocenters. The van der Waals surface area contributed by atoms with Crippen LogP contribution in [-0.2, 0) is 13.5 Å². The standard InChI is InChI=1S/C15H23N3O/c1-11(7-8-14-6-5-9-19-14)16-12(2)15-10-18(4)17-13(15)3/h5-6,9-12,16H,7-8H2,1-4H3. The molecule has 0 saturated carbocycles. The third-order valence-electron chi connectivity index (χ3n) is 3.46. The average Bonchev–Trinajstić information content (AvgIpc) is 2.96. The van der Waals surface area contributed by atoms with Crippen molar-refractivity contribution in [2.75, 3.05) is 0 Å². The van der Waals surface area contributed by atoms with Gasteiger partial charge in [0.05, 0.1) is 12.0 Å². The van der Waals surface area contributed by atoms with Crippen molar-refractivity contribution in [3.63, 3.8) is 0 Å². The maximum atomic E-state index is 5.35. The van der Waals surface area contributed by atoms with E-state index >= 15 is 0 Å². The van der Waals surface area contributed by atoms with Crippen LogP contribution in [0.4, 0.5) is 0 Å². The van der Waals surface area contributed by atoms with Gasteiger partial charge in [-0.05, 0) is 39.3 Å². The number of nitrogens with zero attached hydrogens (tertiary/aromatic N) is 2. The van der Waals surface area contributed by atoms with Crippen LogP contribution in [0, 0.1) is 6.92 Å². The van der Waals surface area contributed by atoms with Gasteiger partial charge in [0, 0.05) is 37.3 Å². The maximum absolute atomic E-state index is 5.35. The van der Waals surface area contributed by atoms with E-state index in [-0.39, 0.29) is 0 Å². The fraction of sp³-hybridized carbons (Fsp3) is 0.533. The smallest absolute Gasteiger partial charge is 0.103 e. The van der Waals surface area contributed by atoms with E-state index in [9.17, 15) is 0 Å². The highest BCUT2D eigenvalue weighted by molar-refractivity contribution is 5.19. The largest absolute Gasteiger partial charge is 0.469 e. The molecule has 0 spiro atoms. The highest BCUT2D eigenvalue weighted by atomic mass is 16.3. The molecule has 2 atom stereocenters. The van der Waals surface area contributed by atoms with Gasteiger partial charge in [-0.25, -0.2) is 0 Å². The van der Waals surface area contributed by atoms with Crippen molar-refractivity contribution in [3.05, 3.63) is 41.6 Å². The fourth-order valence-electron chi connectivity index (χ4n) is 2.46. The van der Waals surface area contributed by atoms with Gasteiger partial charge in [0.2, 0.25) is 0 Å². The Morgan fingerprint density at radius 3 is 2.79 bits per heavy atom. The third-order valence-corrected chi connectivity index (χ3v) is 3.46. The van der Waals surface area contributed by atoms with E-state index in [0.29, 0.717) is 12.1 Å². The lowest BCUT2D eigenvalue weighted by atomic mass is 10.1. The molecule has 0 amide bonds. The van der Waals surface area contributed by atoms with Crippen molar-refractivity contribution in [2.24, 2.45) is 7.05 Å². The van der Waals surface area contributed by atoms with Gasteiger partial charge in [-0.2, -0.15) is 5.10 Å². The SMILES string of the molecule is Cc1nn(C)cc1C(C)NC(C)CCc1ccco1. The van der Waals surface area contributed by atoms with E-state index in [1.165, 1.54) is 5.56 Å². The zero-order valence-corrected chi connectivity index (χ0v) is 12.2. The highest BCUT2D eigenvalue weighted by Gasteiger charge is 2.14. The number of rotatable bonds is 6. The zero-order valence-electron chi connectivity index (χ0n) is 12.2. The Morgan fingerprint density at radius 1 is 1.42 bits per heavy atom. The van der Waals surface area contributed by atoms with E-state index in [4.69, 9.17) is 4.42 Å². The van der Waals surface area contributed by atoms with Crippen LogP contribution in [0.1, 0.15) is 43.3 Å². The Kier molecular flexibility index (Phi) is 4.43. The minimum absolute atomic E-state index is 0.320. The minimum atomic E-state index is 0.320. The third kappa shape index (κ3) is 3.70. The topological polar surface area (TPSA) is 43.0 Å². The van der Waals surface area contributed by atoms with Crippen molar-refractivity contribution >= 4 is 0 Å². The first-order chi connectivity index (χ1) is 9.06. The molecule has 0 bridgehead atoms. The van der Waals surface area contributed by atoms with Crippen LogP contribution in [0.5, 0.6) is 0 Å². The van der Waals surface area contributed by atoms with E-state index in [2.05, 4.69) is 37.4 Å². The number of furan rings is 1. The Bertz CT molecular complexity index is 501. The summed E-state index contributed by atoms with van der Waals surface area (Å²) in [5.74, 6) is 1.05. The number of aromatic nitrogens is 2. The second-order valence-corrected chi connectivity index (χ2v) is 5.25. The van der Waals surface area contributed by atoms with Crippen molar-refractivity contribution in [3.8, 4) is 0 Å². The molecule has 2 aromatic rings. The number of nitrogens with one attached hydrogen (secondary N) is 1. The molecule has 0 aromatic carbocycles. The van der Waals surface area contributed by atoms with E-state index < -0.39 is 0 Å². The number of hydrogen-bond acceptors (Lipinski definition) is 3. The molecule has 0 aliphatic rings. The number of hydrogen-bond donors (Lipinski definition) is 1. The van der Waals surface area contributed by atoms with Crippen LogP contribution in [0.25, 0.3) is 0 Å². The molecule has 2 aromatic heterocycles. The lowest BCUT2D eigenvalue weighted by Crippen LogP contribution is -2.29. The molecule has 2 heterocycles. The van der Waals surface area contributed by atoms with Crippen LogP contribution in [-0.4, -0.2) is 15.8 Å². The second kappa shape index (κ2) is 6.06. The molecule has 0 aliphatic heterocycles. The first-order valence-electron chi connectivity index (χ1n) is 6.85. The Morgan fingerprint density at radius 2 is 2.21 bits per heavy atom. The zero-order chi connectivity index (χ0) is 13.8. The summed E-state index contributed by atoms with van der Waals surface area (Å²) in [6.45, 7) is 6.46. The quantitative estimate of drug-likeness (QED) is 0.869. The van der Waals surface area contributed by atoms with E-state index in [1.807, 2.05) is 23.9 Å². The lowest BCUT2D eigenvalue weighted by Gasteiger charge is -2.19. The van der Waals surface area contributed by atoms with Gasteiger partial charge >= 0.3 is 0 Å². The molecule has 0 aliphatic carbocycles. The maximum Gasteiger partial charge on any atom is 0.103 e. The normalized spacial score (nSPS) is 14.5. The summed E-state index contributed by atoms with van der Waals surface area (Å²) in [6, 6.07) is 4.73. The van der Waals surface area contributed by atoms with Crippen molar-refractivity contribution in [1.29, 1.82) is 0 Å². The molecular formula is C15H23N3O. The summed E-state index contributed by atoms with van der Waals surface area (Å²) in [5.41, 5.74) is 2.37. The van der Waals surface area contributed by atoms with E-state index in [1.54, 1.807) is 6.26 Å². The second-order valence-electron chi connectivity index (χ2n) is 5.25. The molecule has 1 N–H and O–H groups in total. The van der Waals surface area contributed by atoms with Gasteiger partial charge in [0.1, 0.15) is 5.76 Å². The summed E-state index contributed by atoms with van der Waals surface area (Å²) in [4.78, 5) is 0. The van der Waals surface area contributed by atoms with Gasteiger partial charge in [0.25, 0.3) is 0 Å². The fourth-order valence-corrected chi connectivity index (χ4v) is 2.46. The first-order valence-corrected chi connectivity index (χ1v) is 6.85. The Hall–Kier alpha value is -1.55. The van der Waals surface area contributed by atoms with E-state index in [0.717, 1.165) is 24.3 Å². The van der Waals surface area contributed by atoms with Crippen molar-refractivity contribution < 1.29 is 4.42 Å². The molecular weight excluding hydrogens is 238 g/mol. The van der Waals surface area contributed by atoms with Gasteiger partial charge < -0.3 is 9.73 Å². The molecule has 19 heavy (non-hydrogen) atoms. The number of aryl methyl sites for hydroxylation is 3. The van der Waals surface area contributed by atoms with Crippen molar-refractivity contribution in [1.82, 2.24) is 15.1 Å². The molecule has 104 valence electrons. The lowest BCUT2D eigenvalue weighted by molar-refractivity contribution is 0.430. The van der Waals surface area contributed by atoms with Crippen LogP contribution >= 0.6 is 0 Å². The predicted octanol–water partition coefficient (Wildman–Crippen LogP) is 2.99. The summed E-state index contributed by atoms with van der Waals surface area (Å²) < 4.78 is 7.23. The summed E-state index contributed by atoms with van der Waals surface area (Å²) in [5, 5.41) is 8.01. The van der Waals surface area contributed by atoms with Crippen LogP contribution in [0.2, 0.25) is 0 Å². The molecule has 0 saturated heterocycles. The van der Waals surface area contributed by atoms with Crippen LogP contribution in [0.15, 0.2) is 29.0 Å². The molecule has 0 fully saturated rings. The molecule has 0 radical (unpaired) electrons.